The fourth-order valence-corrected chi connectivity index (χ4v) is 4.13. The molecule has 0 unspecified atom stereocenters. The fraction of sp³-hybridized carbons (Fsp3) is 0.684. The maximum Gasteiger partial charge on any atom is 0.329 e. The van der Waals surface area contributed by atoms with Crippen molar-refractivity contribution in [2.24, 2.45) is 11.8 Å². The maximum absolute atomic E-state index is 12.7. The van der Waals surface area contributed by atoms with Crippen LogP contribution in [-0.4, -0.2) is 45.6 Å². The summed E-state index contributed by atoms with van der Waals surface area (Å²) in [6, 6.07) is 0. The first-order chi connectivity index (χ1) is 12.5. The number of aromatic nitrogens is 2. The Labute approximate surface area is 154 Å². The molecule has 1 aliphatic carbocycles. The van der Waals surface area contributed by atoms with Gasteiger partial charge in [0.05, 0.1) is 6.20 Å². The third-order valence-corrected chi connectivity index (χ3v) is 6.05. The van der Waals surface area contributed by atoms with E-state index in [1.54, 1.807) is 18.6 Å². The summed E-state index contributed by atoms with van der Waals surface area (Å²) < 4.78 is 0. The van der Waals surface area contributed by atoms with Crippen molar-refractivity contribution >= 4 is 17.7 Å². The number of anilines is 1. The molecule has 1 saturated heterocycles. The van der Waals surface area contributed by atoms with E-state index in [2.05, 4.69) is 27.1 Å². The van der Waals surface area contributed by atoms with Gasteiger partial charge in [0.15, 0.2) is 0 Å². The van der Waals surface area contributed by atoms with Gasteiger partial charge < -0.3 is 15.3 Å². The Balaban J connectivity index is 1.57. The molecule has 1 saturated carbocycles. The van der Waals surface area contributed by atoms with Gasteiger partial charge in [-0.1, -0.05) is 13.3 Å². The average molecular weight is 360 g/mol. The summed E-state index contributed by atoms with van der Waals surface area (Å²) in [6.45, 7) is 3.60. The highest BCUT2D eigenvalue weighted by molar-refractivity contribution is 5.88. The molecule has 2 aliphatic rings. The van der Waals surface area contributed by atoms with E-state index in [0.717, 1.165) is 38.2 Å². The first kappa shape index (κ1) is 18.6. The predicted molar refractivity (Wildman–Crippen MR) is 97.7 cm³/mol. The third kappa shape index (κ3) is 3.97. The lowest BCUT2D eigenvalue weighted by molar-refractivity contribution is -0.150. The van der Waals surface area contributed by atoms with Gasteiger partial charge in [0.2, 0.25) is 5.91 Å². The summed E-state index contributed by atoms with van der Waals surface area (Å²) >= 11 is 0. The molecule has 3 rings (SSSR count). The number of nitrogens with zero attached hydrogens (tertiary/aromatic N) is 3. The molecule has 1 amide bonds. The van der Waals surface area contributed by atoms with Crippen LogP contribution < -0.4 is 10.2 Å². The second-order valence-corrected chi connectivity index (χ2v) is 7.55. The van der Waals surface area contributed by atoms with Crippen molar-refractivity contribution in [3.63, 3.8) is 0 Å². The molecule has 2 fully saturated rings. The topological polar surface area (TPSA) is 95.4 Å². The van der Waals surface area contributed by atoms with Crippen LogP contribution >= 0.6 is 0 Å². The summed E-state index contributed by atoms with van der Waals surface area (Å²) in [4.78, 5) is 35.1. The molecule has 0 spiro atoms. The molecular weight excluding hydrogens is 332 g/mol. The fourth-order valence-electron chi connectivity index (χ4n) is 4.13. The Morgan fingerprint density at radius 1 is 1.23 bits per heavy atom. The van der Waals surface area contributed by atoms with Crippen molar-refractivity contribution in [1.29, 1.82) is 0 Å². The van der Waals surface area contributed by atoms with Crippen molar-refractivity contribution in [1.82, 2.24) is 15.3 Å². The maximum atomic E-state index is 12.7. The van der Waals surface area contributed by atoms with Crippen LogP contribution in [0, 0.1) is 11.8 Å². The monoisotopic (exact) mass is 360 g/mol. The molecule has 7 nitrogen and oxygen atoms in total. The van der Waals surface area contributed by atoms with Gasteiger partial charge >= 0.3 is 5.97 Å². The van der Waals surface area contributed by atoms with Crippen LogP contribution in [0.5, 0.6) is 0 Å². The number of carboxylic acids is 1. The van der Waals surface area contributed by atoms with Gasteiger partial charge in [-0.2, -0.15) is 0 Å². The lowest BCUT2D eigenvalue weighted by Crippen LogP contribution is -2.58. The highest BCUT2D eigenvalue weighted by Crippen LogP contribution is 2.34. The van der Waals surface area contributed by atoms with Gasteiger partial charge in [0, 0.05) is 31.4 Å². The van der Waals surface area contributed by atoms with Gasteiger partial charge in [-0.3, -0.25) is 9.78 Å². The number of carboxylic acid groups (broad SMARTS) is 1. The van der Waals surface area contributed by atoms with Crippen molar-refractivity contribution in [2.45, 2.75) is 57.4 Å². The van der Waals surface area contributed by atoms with Crippen LogP contribution in [0.3, 0.4) is 0 Å². The zero-order chi connectivity index (χ0) is 18.6. The van der Waals surface area contributed by atoms with Crippen molar-refractivity contribution in [3.05, 3.63) is 18.6 Å². The molecule has 0 atom stereocenters. The number of amides is 1. The van der Waals surface area contributed by atoms with Gasteiger partial charge in [-0.05, 0) is 44.4 Å². The standard InChI is InChI=1S/C19H28N4O3/c1-2-14-3-7-19(8-4-14,18(25)26)22-17(24)15-5-11-23(12-6-15)16-13-20-9-10-21-16/h9-10,13-15H,2-8,11-12H2,1H3,(H,22,24)(H,25,26). The van der Waals surface area contributed by atoms with Crippen LogP contribution in [0.25, 0.3) is 0 Å². The second-order valence-electron chi connectivity index (χ2n) is 7.55. The van der Waals surface area contributed by atoms with Crippen molar-refractivity contribution < 1.29 is 14.7 Å². The van der Waals surface area contributed by atoms with E-state index in [4.69, 9.17) is 0 Å². The number of nitrogens with one attached hydrogen (secondary N) is 1. The lowest BCUT2D eigenvalue weighted by Gasteiger charge is -2.39. The van der Waals surface area contributed by atoms with E-state index in [1.165, 1.54) is 0 Å². The largest absolute Gasteiger partial charge is 0.480 e. The van der Waals surface area contributed by atoms with Crippen LogP contribution in [-0.2, 0) is 9.59 Å². The number of hydrogen-bond donors (Lipinski definition) is 2. The van der Waals surface area contributed by atoms with Crippen LogP contribution in [0.4, 0.5) is 5.82 Å². The quantitative estimate of drug-likeness (QED) is 0.836. The molecule has 1 aromatic rings. The Morgan fingerprint density at radius 2 is 1.92 bits per heavy atom. The molecule has 142 valence electrons. The van der Waals surface area contributed by atoms with Gasteiger partial charge in [0.25, 0.3) is 0 Å². The Hall–Kier alpha value is -2.18. The van der Waals surface area contributed by atoms with E-state index < -0.39 is 11.5 Å². The summed E-state index contributed by atoms with van der Waals surface area (Å²) in [5.41, 5.74) is -1.08. The van der Waals surface area contributed by atoms with E-state index in [1.807, 2.05) is 0 Å². The summed E-state index contributed by atoms with van der Waals surface area (Å²) in [5.74, 6) is 0.266. The molecule has 0 aromatic carbocycles. The number of aliphatic carboxylic acids is 1. The van der Waals surface area contributed by atoms with Crippen LogP contribution in [0.15, 0.2) is 18.6 Å². The summed E-state index contributed by atoms with van der Waals surface area (Å²) in [7, 11) is 0. The molecule has 1 aromatic heterocycles. The predicted octanol–water partition coefficient (Wildman–Crippen LogP) is 2.23. The number of carbonyl (C=O) groups excluding carboxylic acids is 1. The van der Waals surface area contributed by atoms with E-state index in [9.17, 15) is 14.7 Å². The molecular formula is C19H28N4O3. The summed E-state index contributed by atoms with van der Waals surface area (Å²) in [5, 5.41) is 12.7. The second kappa shape index (κ2) is 8.01. The third-order valence-electron chi connectivity index (χ3n) is 6.05. The number of carbonyl (C=O) groups is 2. The zero-order valence-electron chi connectivity index (χ0n) is 15.4. The van der Waals surface area contributed by atoms with E-state index in [-0.39, 0.29) is 11.8 Å². The van der Waals surface area contributed by atoms with Gasteiger partial charge in [0.1, 0.15) is 11.4 Å². The minimum Gasteiger partial charge on any atom is -0.480 e. The Bertz CT molecular complexity index is 621. The molecule has 0 bridgehead atoms. The number of piperidine rings is 1. The normalized spacial score (nSPS) is 27.1. The van der Waals surface area contributed by atoms with Crippen LogP contribution in [0.1, 0.15) is 51.9 Å². The Morgan fingerprint density at radius 3 is 2.46 bits per heavy atom. The van der Waals surface area contributed by atoms with Gasteiger partial charge in [-0.15, -0.1) is 0 Å². The van der Waals surface area contributed by atoms with Gasteiger partial charge in [-0.25, -0.2) is 9.78 Å². The highest BCUT2D eigenvalue weighted by atomic mass is 16.4. The molecule has 0 radical (unpaired) electrons. The van der Waals surface area contributed by atoms with Crippen LogP contribution in [0.2, 0.25) is 0 Å². The number of hydrogen-bond acceptors (Lipinski definition) is 5. The minimum absolute atomic E-state index is 0.110. The molecule has 2 N–H and O–H groups in total. The average Bonchev–Trinajstić information content (AvgIpc) is 2.69. The molecule has 7 heteroatoms. The van der Waals surface area contributed by atoms with Crippen molar-refractivity contribution in [2.75, 3.05) is 18.0 Å². The smallest absolute Gasteiger partial charge is 0.329 e. The van der Waals surface area contributed by atoms with E-state index >= 15 is 0 Å². The first-order valence-corrected chi connectivity index (χ1v) is 9.60. The Kier molecular flexibility index (Phi) is 5.74. The first-order valence-electron chi connectivity index (χ1n) is 9.60. The molecule has 1 aliphatic heterocycles. The molecule has 26 heavy (non-hydrogen) atoms. The zero-order valence-corrected chi connectivity index (χ0v) is 15.4. The lowest BCUT2D eigenvalue weighted by atomic mass is 9.75. The number of rotatable bonds is 5. The minimum atomic E-state index is -1.08. The van der Waals surface area contributed by atoms with Crippen molar-refractivity contribution in [3.8, 4) is 0 Å². The molecule has 2 heterocycles. The summed E-state index contributed by atoms with van der Waals surface area (Å²) in [6.07, 6.45) is 10.3. The van der Waals surface area contributed by atoms with E-state index in [0.29, 0.717) is 31.6 Å². The SMILES string of the molecule is CCC1CCC(NC(=O)C2CCN(c3cnccn3)CC2)(C(=O)O)CC1. The highest BCUT2D eigenvalue weighted by Gasteiger charge is 2.44.